The number of hydrogen-bond acceptors (Lipinski definition) is 3. The van der Waals surface area contributed by atoms with Crippen LogP contribution in [0.15, 0.2) is 12.1 Å². The Morgan fingerprint density at radius 2 is 2.12 bits per heavy atom. The third-order valence-corrected chi connectivity index (χ3v) is 2.89. The zero-order valence-corrected chi connectivity index (χ0v) is 10.7. The second-order valence-electron chi connectivity index (χ2n) is 4.25. The lowest BCUT2D eigenvalue weighted by Gasteiger charge is -2.27. The first-order valence-corrected chi connectivity index (χ1v) is 5.92. The highest BCUT2D eigenvalue weighted by atomic mass is 19.1. The third-order valence-electron chi connectivity index (χ3n) is 2.89. The van der Waals surface area contributed by atoms with E-state index in [1.165, 1.54) is 6.07 Å². The van der Waals surface area contributed by atoms with Gasteiger partial charge in [0.2, 0.25) is 0 Å². The van der Waals surface area contributed by atoms with Gasteiger partial charge in [-0.1, -0.05) is 0 Å². The van der Waals surface area contributed by atoms with Crippen molar-refractivity contribution in [3.05, 3.63) is 29.1 Å². The van der Waals surface area contributed by atoms with Gasteiger partial charge in [0.1, 0.15) is 5.82 Å². The number of rotatable bonds is 5. The maximum absolute atomic E-state index is 13.5. The first-order chi connectivity index (χ1) is 8.01. The molecule has 0 heterocycles. The van der Waals surface area contributed by atoms with E-state index in [0.29, 0.717) is 12.1 Å². The van der Waals surface area contributed by atoms with Crippen molar-refractivity contribution in [2.45, 2.75) is 26.8 Å². The number of aliphatic hydroxyl groups excluding tert-OH is 1. The van der Waals surface area contributed by atoms with Crippen molar-refractivity contribution in [2.75, 3.05) is 24.6 Å². The van der Waals surface area contributed by atoms with Crippen LogP contribution in [0.3, 0.4) is 0 Å². The number of halogens is 1. The number of nitrogens with two attached hydrogens (primary N) is 1. The van der Waals surface area contributed by atoms with E-state index in [9.17, 15) is 4.39 Å². The number of aryl methyl sites for hydroxylation is 1. The number of benzene rings is 1. The van der Waals surface area contributed by atoms with Gasteiger partial charge >= 0.3 is 0 Å². The fourth-order valence-corrected chi connectivity index (χ4v) is 1.89. The van der Waals surface area contributed by atoms with Crippen molar-refractivity contribution in [3.63, 3.8) is 0 Å². The summed E-state index contributed by atoms with van der Waals surface area (Å²) in [5.74, 6) is -0.235. The monoisotopic (exact) mass is 240 g/mol. The molecule has 3 nitrogen and oxygen atoms in total. The molecule has 1 atom stereocenters. The van der Waals surface area contributed by atoms with Gasteiger partial charge in [-0.3, -0.25) is 0 Å². The molecule has 1 rings (SSSR count). The van der Waals surface area contributed by atoms with E-state index >= 15 is 0 Å². The number of anilines is 1. The molecular formula is C13H21FN2O. The van der Waals surface area contributed by atoms with Gasteiger partial charge in [-0.05, 0) is 44.0 Å². The minimum atomic E-state index is -0.235. The Morgan fingerprint density at radius 3 is 2.59 bits per heavy atom. The molecule has 0 aliphatic carbocycles. The maximum Gasteiger partial charge on any atom is 0.126 e. The summed E-state index contributed by atoms with van der Waals surface area (Å²) in [6, 6.07) is 3.07. The van der Waals surface area contributed by atoms with Crippen LogP contribution in [0, 0.1) is 12.7 Å². The molecule has 3 N–H and O–H groups in total. The van der Waals surface area contributed by atoms with Crippen LogP contribution in [0.25, 0.3) is 0 Å². The second kappa shape index (κ2) is 5.98. The highest BCUT2D eigenvalue weighted by Crippen LogP contribution is 2.28. The zero-order chi connectivity index (χ0) is 13.0. The lowest BCUT2D eigenvalue weighted by molar-refractivity contribution is 0.302. The van der Waals surface area contributed by atoms with Crippen LogP contribution in [0.5, 0.6) is 0 Å². The van der Waals surface area contributed by atoms with Gasteiger partial charge in [0.15, 0.2) is 0 Å². The fraction of sp³-hybridized carbons (Fsp3) is 0.538. The van der Waals surface area contributed by atoms with E-state index in [-0.39, 0.29) is 18.5 Å². The average Bonchev–Trinajstić information content (AvgIpc) is 2.29. The van der Waals surface area contributed by atoms with E-state index in [1.807, 2.05) is 18.7 Å². The molecule has 0 aromatic heterocycles. The molecule has 0 saturated carbocycles. The number of nitrogens with zero attached hydrogens (tertiary/aromatic N) is 1. The molecule has 1 aromatic rings. The predicted molar refractivity (Wildman–Crippen MR) is 68.7 cm³/mol. The third kappa shape index (κ3) is 3.17. The minimum absolute atomic E-state index is 0.0721. The highest BCUT2D eigenvalue weighted by Gasteiger charge is 2.15. The molecular weight excluding hydrogens is 219 g/mol. The average molecular weight is 240 g/mol. The van der Waals surface area contributed by atoms with Crippen LogP contribution in [0.4, 0.5) is 10.1 Å². The quantitative estimate of drug-likeness (QED) is 0.827. The molecule has 0 spiro atoms. The molecule has 0 aliphatic heterocycles. The molecule has 0 fully saturated rings. The van der Waals surface area contributed by atoms with E-state index in [2.05, 4.69) is 0 Å². The summed E-state index contributed by atoms with van der Waals surface area (Å²) >= 11 is 0. The summed E-state index contributed by atoms with van der Waals surface area (Å²) in [7, 11) is 0. The molecule has 0 saturated heterocycles. The van der Waals surface area contributed by atoms with E-state index in [0.717, 1.165) is 17.8 Å². The molecule has 96 valence electrons. The Labute approximate surface area is 102 Å². The Balaban J connectivity index is 3.23. The smallest absolute Gasteiger partial charge is 0.126 e. The fourth-order valence-electron chi connectivity index (χ4n) is 1.89. The number of likely N-dealkylation sites (N-methyl/N-ethyl adjacent to an activating group) is 1. The summed E-state index contributed by atoms with van der Waals surface area (Å²) in [4.78, 5) is 2.01. The molecule has 0 unspecified atom stereocenters. The van der Waals surface area contributed by atoms with Gasteiger partial charge in [-0.2, -0.15) is 0 Å². The minimum Gasteiger partial charge on any atom is -0.395 e. The summed E-state index contributed by atoms with van der Waals surface area (Å²) in [6.45, 7) is 6.92. The molecule has 0 radical (unpaired) electrons. The van der Waals surface area contributed by atoms with Crippen molar-refractivity contribution in [2.24, 2.45) is 5.73 Å². The van der Waals surface area contributed by atoms with Gasteiger partial charge < -0.3 is 15.7 Å². The van der Waals surface area contributed by atoms with Crippen molar-refractivity contribution >= 4 is 5.69 Å². The van der Waals surface area contributed by atoms with Crippen molar-refractivity contribution < 1.29 is 9.50 Å². The molecule has 17 heavy (non-hydrogen) atoms. The van der Waals surface area contributed by atoms with Crippen molar-refractivity contribution in [3.8, 4) is 0 Å². The van der Waals surface area contributed by atoms with Gasteiger partial charge in [0, 0.05) is 24.8 Å². The Kier molecular flexibility index (Phi) is 4.90. The van der Waals surface area contributed by atoms with Crippen LogP contribution in [0.1, 0.15) is 31.0 Å². The lowest BCUT2D eigenvalue weighted by atomic mass is 10.0. The zero-order valence-electron chi connectivity index (χ0n) is 10.7. The van der Waals surface area contributed by atoms with Gasteiger partial charge in [0.25, 0.3) is 0 Å². The van der Waals surface area contributed by atoms with E-state index < -0.39 is 0 Å². The van der Waals surface area contributed by atoms with E-state index in [1.54, 1.807) is 13.0 Å². The van der Waals surface area contributed by atoms with Gasteiger partial charge in [0.05, 0.1) is 6.61 Å². The molecule has 1 aromatic carbocycles. The van der Waals surface area contributed by atoms with Crippen molar-refractivity contribution in [1.29, 1.82) is 0 Å². The topological polar surface area (TPSA) is 49.5 Å². The summed E-state index contributed by atoms with van der Waals surface area (Å²) < 4.78 is 13.5. The standard InChI is InChI=1S/C13H21FN2O/c1-4-16(5-6-17)13-7-9(2)12(14)8-11(13)10(3)15/h7-8,10,17H,4-6,15H2,1-3H3/t10-/m1/s1. The molecule has 0 bridgehead atoms. The van der Waals surface area contributed by atoms with Crippen molar-refractivity contribution in [1.82, 2.24) is 0 Å². The SMILES string of the molecule is CCN(CCO)c1cc(C)c(F)cc1[C@@H](C)N. The molecule has 4 heteroatoms. The van der Waals surface area contributed by atoms with Gasteiger partial charge in [-0.15, -0.1) is 0 Å². The largest absolute Gasteiger partial charge is 0.395 e. The highest BCUT2D eigenvalue weighted by molar-refractivity contribution is 5.57. The van der Waals surface area contributed by atoms with Crippen LogP contribution in [0.2, 0.25) is 0 Å². The van der Waals surface area contributed by atoms with Gasteiger partial charge in [-0.25, -0.2) is 4.39 Å². The predicted octanol–water partition coefficient (Wildman–Crippen LogP) is 1.97. The summed E-state index contributed by atoms with van der Waals surface area (Å²) in [5.41, 5.74) is 8.16. The normalized spacial score (nSPS) is 12.6. The van der Waals surface area contributed by atoms with Crippen LogP contribution < -0.4 is 10.6 Å². The molecule has 0 amide bonds. The second-order valence-corrected chi connectivity index (χ2v) is 4.25. The number of hydrogen-bond donors (Lipinski definition) is 2. The lowest BCUT2D eigenvalue weighted by Crippen LogP contribution is -2.28. The van der Waals surface area contributed by atoms with E-state index in [4.69, 9.17) is 10.8 Å². The Bertz CT molecular complexity index is 380. The Morgan fingerprint density at radius 1 is 1.47 bits per heavy atom. The summed E-state index contributed by atoms with van der Waals surface area (Å²) in [6.07, 6.45) is 0. The first kappa shape index (κ1) is 13.9. The van der Waals surface area contributed by atoms with Crippen LogP contribution in [-0.2, 0) is 0 Å². The van der Waals surface area contributed by atoms with Crippen LogP contribution >= 0.6 is 0 Å². The first-order valence-electron chi connectivity index (χ1n) is 5.92. The Hall–Kier alpha value is -1.13. The molecule has 0 aliphatic rings. The van der Waals surface area contributed by atoms with Crippen LogP contribution in [-0.4, -0.2) is 24.8 Å². The summed E-state index contributed by atoms with van der Waals surface area (Å²) in [5, 5.41) is 9.04. The maximum atomic E-state index is 13.5. The number of aliphatic hydroxyl groups is 1.